The quantitative estimate of drug-likeness (QED) is 0.349. The molecule has 2 unspecified atom stereocenters. The third kappa shape index (κ3) is 7.27. The van der Waals surface area contributed by atoms with Crippen LogP contribution < -0.4 is 15.5 Å². The first-order valence-corrected chi connectivity index (χ1v) is 9.66. The molecule has 2 heterocycles. The van der Waals surface area contributed by atoms with Crippen molar-refractivity contribution in [3.05, 3.63) is 23.4 Å². The monoisotopic (exact) mass is 509 g/mol. The number of pyridine rings is 1. The van der Waals surface area contributed by atoms with E-state index in [4.69, 9.17) is 21.3 Å². The van der Waals surface area contributed by atoms with Gasteiger partial charge >= 0.3 is 0 Å². The topological polar surface area (TPSA) is 61.8 Å². The van der Waals surface area contributed by atoms with Gasteiger partial charge in [-0.05, 0) is 30.9 Å². The van der Waals surface area contributed by atoms with Crippen molar-refractivity contribution in [2.24, 2.45) is 10.4 Å². The number of halogens is 2. The van der Waals surface area contributed by atoms with Crippen molar-refractivity contribution in [2.45, 2.75) is 46.3 Å². The molecule has 1 aromatic heterocycles. The second-order valence-corrected chi connectivity index (χ2v) is 8.10. The zero-order valence-corrected chi connectivity index (χ0v) is 20.0. The number of aromatic nitrogens is 1. The fraction of sp³-hybridized carbons (Fsp3) is 0.684. The van der Waals surface area contributed by atoms with Crippen LogP contribution in [0.25, 0.3) is 0 Å². The summed E-state index contributed by atoms with van der Waals surface area (Å²) in [5, 5.41) is 7.56. The molecule has 0 saturated carbocycles. The van der Waals surface area contributed by atoms with Crippen LogP contribution in [-0.2, 0) is 4.74 Å². The fourth-order valence-electron chi connectivity index (χ4n) is 3.07. The van der Waals surface area contributed by atoms with Crippen LogP contribution in [0.3, 0.4) is 0 Å². The summed E-state index contributed by atoms with van der Waals surface area (Å²) in [4.78, 5) is 11.4. The predicted octanol–water partition coefficient (Wildman–Crippen LogP) is 3.55. The molecule has 1 fully saturated rings. The van der Waals surface area contributed by atoms with Crippen LogP contribution in [0, 0.1) is 5.41 Å². The Morgan fingerprint density at radius 3 is 2.81 bits per heavy atom. The molecular weight excluding hydrogens is 477 g/mol. The fourth-order valence-corrected chi connectivity index (χ4v) is 3.31. The Morgan fingerprint density at radius 2 is 2.22 bits per heavy atom. The van der Waals surface area contributed by atoms with Crippen LogP contribution in [0.1, 0.15) is 34.1 Å². The number of nitrogens with zero attached hydrogens (tertiary/aromatic N) is 3. The van der Waals surface area contributed by atoms with E-state index in [0.717, 1.165) is 37.8 Å². The summed E-state index contributed by atoms with van der Waals surface area (Å²) in [6, 6.07) is 4.05. The minimum absolute atomic E-state index is 0. The number of aliphatic imine (C=N–C) groups is 1. The SMILES string of the molecule is CCNC(=NCC(OC)C(C)(C)C)NC1CCN(c2ncccc2Cl)C1.I. The van der Waals surface area contributed by atoms with Crippen LogP contribution in [0.4, 0.5) is 5.82 Å². The molecule has 1 aliphatic rings. The Hall–Kier alpha value is -0.800. The van der Waals surface area contributed by atoms with Gasteiger partial charge in [-0.1, -0.05) is 32.4 Å². The number of guanidine groups is 1. The van der Waals surface area contributed by atoms with E-state index < -0.39 is 0 Å². The van der Waals surface area contributed by atoms with E-state index in [-0.39, 0.29) is 35.5 Å². The van der Waals surface area contributed by atoms with Gasteiger partial charge in [0.1, 0.15) is 5.82 Å². The van der Waals surface area contributed by atoms with Gasteiger partial charge in [0, 0.05) is 39.0 Å². The van der Waals surface area contributed by atoms with Gasteiger partial charge in [-0.2, -0.15) is 0 Å². The van der Waals surface area contributed by atoms with Crippen molar-refractivity contribution in [2.75, 3.05) is 38.2 Å². The maximum atomic E-state index is 6.28. The molecule has 8 heteroatoms. The molecular formula is C19H33ClIN5O. The first-order chi connectivity index (χ1) is 12.3. The van der Waals surface area contributed by atoms with Crippen molar-refractivity contribution in [3.8, 4) is 0 Å². The standard InChI is InChI=1S/C19H32ClN5O.HI/c1-6-21-18(23-12-16(26-5)19(2,3)4)24-14-9-11-25(13-14)17-15(20)8-7-10-22-17;/h7-8,10,14,16H,6,9,11-13H2,1-5H3,(H2,21,23,24);1H. The van der Waals surface area contributed by atoms with E-state index in [1.165, 1.54) is 0 Å². The lowest BCUT2D eigenvalue weighted by molar-refractivity contribution is 0.0241. The Kier molecular flexibility index (Phi) is 10.1. The molecule has 1 aliphatic heterocycles. The number of hydrogen-bond acceptors (Lipinski definition) is 4. The number of rotatable bonds is 6. The minimum Gasteiger partial charge on any atom is -0.379 e. The summed E-state index contributed by atoms with van der Waals surface area (Å²) >= 11 is 6.28. The Labute approximate surface area is 185 Å². The molecule has 0 spiro atoms. The molecule has 0 aromatic carbocycles. The van der Waals surface area contributed by atoms with Crippen LogP contribution in [-0.4, -0.2) is 56.4 Å². The lowest BCUT2D eigenvalue weighted by atomic mass is 9.89. The third-order valence-electron chi connectivity index (χ3n) is 4.58. The predicted molar refractivity (Wildman–Crippen MR) is 125 cm³/mol. The molecule has 2 N–H and O–H groups in total. The zero-order valence-electron chi connectivity index (χ0n) is 17.0. The van der Waals surface area contributed by atoms with Crippen molar-refractivity contribution in [1.82, 2.24) is 15.6 Å². The van der Waals surface area contributed by atoms with E-state index in [9.17, 15) is 0 Å². The highest BCUT2D eigenvalue weighted by Gasteiger charge is 2.27. The Bertz CT molecular complexity index is 608. The average Bonchev–Trinajstić information content (AvgIpc) is 3.03. The normalized spacial score (nSPS) is 18.8. The van der Waals surface area contributed by atoms with Gasteiger partial charge in [0.25, 0.3) is 0 Å². The van der Waals surface area contributed by atoms with Crippen LogP contribution >= 0.6 is 35.6 Å². The van der Waals surface area contributed by atoms with Crippen LogP contribution in [0.2, 0.25) is 5.02 Å². The lowest BCUT2D eigenvalue weighted by Crippen LogP contribution is -2.45. The average molecular weight is 510 g/mol. The van der Waals surface area contributed by atoms with Gasteiger partial charge < -0.3 is 20.3 Å². The number of ether oxygens (including phenoxy) is 1. The van der Waals surface area contributed by atoms with Gasteiger partial charge in [-0.15, -0.1) is 24.0 Å². The number of hydrogen-bond donors (Lipinski definition) is 2. The number of methoxy groups -OCH3 is 1. The maximum absolute atomic E-state index is 6.28. The first kappa shape index (κ1) is 24.2. The largest absolute Gasteiger partial charge is 0.379 e. The highest BCUT2D eigenvalue weighted by atomic mass is 127. The van der Waals surface area contributed by atoms with E-state index in [0.29, 0.717) is 17.6 Å². The molecule has 2 atom stereocenters. The van der Waals surface area contributed by atoms with Crippen molar-refractivity contribution in [1.29, 1.82) is 0 Å². The van der Waals surface area contributed by atoms with E-state index in [1.807, 2.05) is 12.1 Å². The summed E-state index contributed by atoms with van der Waals surface area (Å²) in [7, 11) is 1.75. The second-order valence-electron chi connectivity index (χ2n) is 7.69. The number of anilines is 1. The van der Waals surface area contributed by atoms with E-state index in [1.54, 1.807) is 13.3 Å². The van der Waals surface area contributed by atoms with Gasteiger partial charge in [-0.3, -0.25) is 4.99 Å². The third-order valence-corrected chi connectivity index (χ3v) is 4.87. The summed E-state index contributed by atoms with van der Waals surface area (Å²) in [5.74, 6) is 1.69. The maximum Gasteiger partial charge on any atom is 0.191 e. The second kappa shape index (κ2) is 11.3. The summed E-state index contributed by atoms with van der Waals surface area (Å²) in [5.41, 5.74) is 0.0511. The summed E-state index contributed by atoms with van der Waals surface area (Å²) in [6.45, 7) is 11.8. The smallest absolute Gasteiger partial charge is 0.191 e. The van der Waals surface area contributed by atoms with Gasteiger partial charge in [0.05, 0.1) is 17.7 Å². The van der Waals surface area contributed by atoms with Crippen molar-refractivity contribution in [3.63, 3.8) is 0 Å². The molecule has 0 bridgehead atoms. The zero-order chi connectivity index (χ0) is 19.2. The van der Waals surface area contributed by atoms with Crippen molar-refractivity contribution < 1.29 is 4.74 Å². The number of nitrogens with one attached hydrogen (secondary N) is 2. The summed E-state index contributed by atoms with van der Waals surface area (Å²) < 4.78 is 5.61. The van der Waals surface area contributed by atoms with Gasteiger partial charge in [0.2, 0.25) is 0 Å². The molecule has 2 rings (SSSR count). The molecule has 6 nitrogen and oxygen atoms in total. The molecule has 1 saturated heterocycles. The molecule has 0 radical (unpaired) electrons. The van der Waals surface area contributed by atoms with E-state index >= 15 is 0 Å². The lowest BCUT2D eigenvalue weighted by Gasteiger charge is -2.28. The highest BCUT2D eigenvalue weighted by Crippen LogP contribution is 2.26. The summed E-state index contributed by atoms with van der Waals surface area (Å²) in [6.07, 6.45) is 2.88. The van der Waals surface area contributed by atoms with E-state index in [2.05, 4.69) is 48.2 Å². The highest BCUT2D eigenvalue weighted by molar-refractivity contribution is 14.0. The molecule has 27 heavy (non-hydrogen) atoms. The molecule has 0 amide bonds. The van der Waals surface area contributed by atoms with Crippen molar-refractivity contribution >= 4 is 47.4 Å². The Morgan fingerprint density at radius 1 is 1.48 bits per heavy atom. The van der Waals surface area contributed by atoms with Gasteiger partial charge in [0.15, 0.2) is 5.96 Å². The van der Waals surface area contributed by atoms with Crippen LogP contribution in [0.15, 0.2) is 23.3 Å². The molecule has 154 valence electrons. The minimum atomic E-state index is 0. The van der Waals surface area contributed by atoms with Crippen LogP contribution in [0.5, 0.6) is 0 Å². The molecule has 1 aromatic rings. The first-order valence-electron chi connectivity index (χ1n) is 9.28. The molecule has 0 aliphatic carbocycles. The Balaban J connectivity index is 0.00000364. The van der Waals surface area contributed by atoms with Gasteiger partial charge in [-0.25, -0.2) is 4.98 Å².